The van der Waals surface area contributed by atoms with E-state index < -0.39 is 29.4 Å². The number of nitrogens with one attached hydrogen (secondary N) is 1. The fourth-order valence-corrected chi connectivity index (χ4v) is 5.72. The average molecular weight is 581 g/mol. The number of pyridine rings is 1. The third-order valence-corrected chi connectivity index (χ3v) is 7.47. The average Bonchev–Trinajstić information content (AvgIpc) is 3.47. The molecule has 16 heteroatoms. The number of hydrogen-bond donors (Lipinski definition) is 2. The second kappa shape index (κ2) is 9.93. The standard InChI is InChI=1S/C21H22ClF3N6O.C2HF3O2/c22-17-15(23)16-14(6-26-17)18(30-7-12-2-3-13(8-30)27-12)29-19(28-16)32-11-20-4-1-5-31(20)10-21(24,25)9-20;3-2(4,5)1(6)7/h2-3,6,12-13,27H,1,4-5,7-11H2;(H,6,7)/t12-,13+,20?;. The van der Waals surface area contributed by atoms with Crippen LogP contribution in [0.4, 0.5) is 32.2 Å². The molecular weight excluding hydrogens is 558 g/mol. The maximum atomic E-state index is 14.9. The Morgan fingerprint density at radius 3 is 2.54 bits per heavy atom. The lowest BCUT2D eigenvalue weighted by molar-refractivity contribution is -0.192. The maximum Gasteiger partial charge on any atom is 0.490 e. The van der Waals surface area contributed by atoms with E-state index in [1.165, 1.54) is 6.20 Å². The van der Waals surface area contributed by atoms with Crippen LogP contribution in [0.15, 0.2) is 18.3 Å². The first-order valence-corrected chi connectivity index (χ1v) is 12.4. The lowest BCUT2D eigenvalue weighted by Crippen LogP contribution is -2.52. The van der Waals surface area contributed by atoms with Crippen LogP contribution in [-0.4, -0.2) is 93.4 Å². The first kappa shape index (κ1) is 27.6. The van der Waals surface area contributed by atoms with E-state index in [0.29, 0.717) is 37.3 Å². The maximum absolute atomic E-state index is 14.9. The lowest BCUT2D eigenvalue weighted by atomic mass is 9.94. The number of alkyl halides is 5. The predicted octanol–water partition coefficient (Wildman–Crippen LogP) is 3.42. The zero-order valence-corrected chi connectivity index (χ0v) is 20.9. The van der Waals surface area contributed by atoms with Gasteiger partial charge in [-0.05, 0) is 19.4 Å². The number of ether oxygens (including phenoxy) is 1. The molecule has 3 fully saturated rings. The van der Waals surface area contributed by atoms with Crippen molar-refractivity contribution >= 4 is 34.3 Å². The largest absolute Gasteiger partial charge is 0.490 e. The van der Waals surface area contributed by atoms with Gasteiger partial charge in [-0.2, -0.15) is 23.1 Å². The number of aromatic nitrogens is 3. The van der Waals surface area contributed by atoms with Crippen LogP contribution >= 0.6 is 11.6 Å². The van der Waals surface area contributed by atoms with Crippen molar-refractivity contribution in [2.24, 2.45) is 0 Å². The molecule has 9 nitrogen and oxygen atoms in total. The number of carboxylic acid groups (broad SMARTS) is 1. The third-order valence-electron chi connectivity index (χ3n) is 7.20. The van der Waals surface area contributed by atoms with Crippen molar-refractivity contribution < 1.29 is 41.0 Å². The highest BCUT2D eigenvalue weighted by Crippen LogP contribution is 2.46. The van der Waals surface area contributed by atoms with E-state index in [9.17, 15) is 26.3 Å². The minimum absolute atomic E-state index is 0.0152. The summed E-state index contributed by atoms with van der Waals surface area (Å²) >= 11 is 5.91. The number of carbonyl (C=O) groups is 1. The molecular formula is C23H23ClF6N6O3. The summed E-state index contributed by atoms with van der Waals surface area (Å²) in [5.74, 6) is -5.74. The van der Waals surface area contributed by atoms with E-state index in [0.717, 1.165) is 6.42 Å². The topological polar surface area (TPSA) is 104 Å². The monoisotopic (exact) mass is 580 g/mol. The predicted molar refractivity (Wildman–Crippen MR) is 127 cm³/mol. The normalized spacial score (nSPS) is 27.4. The van der Waals surface area contributed by atoms with Gasteiger partial charge < -0.3 is 20.1 Å². The zero-order valence-electron chi connectivity index (χ0n) is 20.2. The van der Waals surface area contributed by atoms with Crippen LogP contribution in [0.5, 0.6) is 6.01 Å². The molecule has 4 aliphatic rings. The molecule has 0 aliphatic carbocycles. The molecule has 6 rings (SSSR count). The Labute approximate surface area is 222 Å². The highest BCUT2D eigenvalue weighted by atomic mass is 35.5. The molecule has 0 aromatic carbocycles. The van der Waals surface area contributed by atoms with E-state index >= 15 is 0 Å². The molecule has 0 amide bonds. The van der Waals surface area contributed by atoms with Crippen LogP contribution < -0.4 is 15.0 Å². The van der Waals surface area contributed by atoms with Crippen molar-refractivity contribution in [1.29, 1.82) is 0 Å². The number of carboxylic acids is 1. The number of rotatable bonds is 4. The van der Waals surface area contributed by atoms with Crippen molar-refractivity contribution in [2.75, 3.05) is 37.7 Å². The fourth-order valence-electron chi connectivity index (χ4n) is 5.58. The Balaban J connectivity index is 0.000000392. The van der Waals surface area contributed by atoms with Crippen LogP contribution in [0.3, 0.4) is 0 Å². The van der Waals surface area contributed by atoms with E-state index in [-0.39, 0.29) is 48.3 Å². The van der Waals surface area contributed by atoms with Gasteiger partial charge in [-0.15, -0.1) is 0 Å². The molecule has 39 heavy (non-hydrogen) atoms. The molecule has 1 unspecified atom stereocenters. The number of nitrogens with zero attached hydrogens (tertiary/aromatic N) is 5. The van der Waals surface area contributed by atoms with Crippen LogP contribution in [0.25, 0.3) is 10.9 Å². The molecule has 2 aromatic heterocycles. The van der Waals surface area contributed by atoms with Crippen molar-refractivity contribution in [3.05, 3.63) is 29.3 Å². The molecule has 0 radical (unpaired) electrons. The van der Waals surface area contributed by atoms with Crippen molar-refractivity contribution in [2.45, 2.75) is 49.0 Å². The van der Waals surface area contributed by atoms with Crippen LogP contribution in [0.1, 0.15) is 19.3 Å². The molecule has 3 atom stereocenters. The smallest absolute Gasteiger partial charge is 0.475 e. The summed E-state index contributed by atoms with van der Waals surface area (Å²) in [6, 6.07) is 0.295. The minimum Gasteiger partial charge on any atom is -0.475 e. The third kappa shape index (κ3) is 5.57. The van der Waals surface area contributed by atoms with Gasteiger partial charge in [0.25, 0.3) is 5.92 Å². The summed E-state index contributed by atoms with van der Waals surface area (Å²) < 4.78 is 80.7. The summed E-state index contributed by atoms with van der Waals surface area (Å²) in [7, 11) is 0. The molecule has 0 saturated carbocycles. The van der Waals surface area contributed by atoms with Gasteiger partial charge in [0.15, 0.2) is 11.0 Å². The number of piperazine rings is 1. The summed E-state index contributed by atoms with van der Waals surface area (Å²) in [4.78, 5) is 25.5. The quantitative estimate of drug-likeness (QED) is 0.320. The highest BCUT2D eigenvalue weighted by molar-refractivity contribution is 6.30. The summed E-state index contributed by atoms with van der Waals surface area (Å²) in [6.07, 6.45) is 1.81. The minimum atomic E-state index is -5.08. The molecule has 2 N–H and O–H groups in total. The van der Waals surface area contributed by atoms with Gasteiger partial charge in [0.2, 0.25) is 0 Å². The Kier molecular flexibility index (Phi) is 7.04. The summed E-state index contributed by atoms with van der Waals surface area (Å²) in [6.45, 7) is 1.68. The summed E-state index contributed by atoms with van der Waals surface area (Å²) in [5.41, 5.74) is -0.726. The Bertz CT molecular complexity index is 1300. The second-order valence-corrected chi connectivity index (χ2v) is 10.4. The lowest BCUT2D eigenvalue weighted by Gasteiger charge is -2.34. The molecule has 6 heterocycles. The fraction of sp³-hybridized carbons (Fsp3) is 0.565. The molecule has 3 saturated heterocycles. The van der Waals surface area contributed by atoms with Gasteiger partial charge in [-0.25, -0.2) is 22.9 Å². The van der Waals surface area contributed by atoms with Crippen molar-refractivity contribution in [1.82, 2.24) is 25.2 Å². The number of hydrogen-bond acceptors (Lipinski definition) is 8. The van der Waals surface area contributed by atoms with Crippen LogP contribution in [-0.2, 0) is 4.79 Å². The van der Waals surface area contributed by atoms with Gasteiger partial charge in [-0.1, -0.05) is 23.8 Å². The van der Waals surface area contributed by atoms with Crippen molar-refractivity contribution in [3.8, 4) is 6.01 Å². The van der Waals surface area contributed by atoms with E-state index in [1.54, 1.807) is 4.90 Å². The first-order valence-electron chi connectivity index (χ1n) is 12.0. The SMILES string of the molecule is Fc1c(Cl)ncc2c(N3C[C@H]4C=C[C@@H](C3)N4)nc(OCC34CCCN3CC(F)(F)C4)nc12.O=C(O)C(F)(F)F. The van der Waals surface area contributed by atoms with Gasteiger partial charge in [0, 0.05) is 37.8 Å². The van der Waals surface area contributed by atoms with E-state index in [4.69, 9.17) is 26.2 Å². The van der Waals surface area contributed by atoms with Crippen molar-refractivity contribution in [3.63, 3.8) is 0 Å². The summed E-state index contributed by atoms with van der Waals surface area (Å²) in [5, 5.41) is 10.7. The van der Waals surface area contributed by atoms with E-state index in [1.807, 2.05) is 4.90 Å². The Morgan fingerprint density at radius 1 is 1.23 bits per heavy atom. The Morgan fingerprint density at radius 2 is 1.90 bits per heavy atom. The van der Waals surface area contributed by atoms with Gasteiger partial charge in [-0.3, -0.25) is 4.90 Å². The highest BCUT2D eigenvalue weighted by Gasteiger charge is 2.57. The number of halogens is 7. The molecule has 2 aromatic rings. The number of aliphatic carboxylic acids is 1. The number of anilines is 1. The molecule has 4 aliphatic heterocycles. The first-order chi connectivity index (χ1) is 18.3. The molecule has 2 bridgehead atoms. The second-order valence-electron chi connectivity index (χ2n) is 10.00. The molecule has 212 valence electrons. The van der Waals surface area contributed by atoms with Gasteiger partial charge in [0.1, 0.15) is 17.9 Å². The number of fused-ring (bicyclic) bond motifs is 4. The van der Waals surface area contributed by atoms with Crippen LogP contribution in [0, 0.1) is 5.82 Å². The van der Waals surface area contributed by atoms with Crippen LogP contribution in [0.2, 0.25) is 5.15 Å². The van der Waals surface area contributed by atoms with Gasteiger partial charge in [0.05, 0.1) is 17.5 Å². The Hall–Kier alpha value is -2.91. The van der Waals surface area contributed by atoms with E-state index in [2.05, 4.69) is 32.4 Å². The molecule has 0 spiro atoms. The zero-order chi connectivity index (χ0) is 28.2. The van der Waals surface area contributed by atoms with Gasteiger partial charge >= 0.3 is 18.2 Å².